The summed E-state index contributed by atoms with van der Waals surface area (Å²) in [4.78, 5) is 12.9. The fourth-order valence-electron chi connectivity index (χ4n) is 2.49. The van der Waals surface area contributed by atoms with Gasteiger partial charge < -0.3 is 10.6 Å². The minimum absolute atomic E-state index is 0. The van der Waals surface area contributed by atoms with E-state index < -0.39 is 0 Å². The summed E-state index contributed by atoms with van der Waals surface area (Å²) in [6.07, 6.45) is 3.00. The van der Waals surface area contributed by atoms with Crippen molar-refractivity contribution in [3.8, 4) is 0 Å². The second-order valence-electron chi connectivity index (χ2n) is 6.12. The number of aromatic nitrogens is 1. The minimum Gasteiger partial charge on any atom is -0.357 e. The van der Waals surface area contributed by atoms with Gasteiger partial charge in [-0.2, -0.15) is 0 Å². The molecule has 0 aliphatic heterocycles. The number of nitrogens with zero attached hydrogens (tertiary/aromatic N) is 3. The number of hydrogen-bond acceptors (Lipinski definition) is 4. The summed E-state index contributed by atoms with van der Waals surface area (Å²) in [7, 11) is 0. The molecule has 1 aromatic heterocycles. The van der Waals surface area contributed by atoms with E-state index in [1.807, 2.05) is 6.20 Å². The Morgan fingerprint density at radius 1 is 1.21 bits per heavy atom. The lowest BCUT2D eigenvalue weighted by molar-refractivity contribution is 0.178. The number of rotatable bonds is 9. The van der Waals surface area contributed by atoms with E-state index >= 15 is 0 Å². The maximum atomic E-state index is 4.64. The summed E-state index contributed by atoms with van der Waals surface area (Å²) < 4.78 is 0. The molecular weight excluding hydrogens is 433 g/mol. The van der Waals surface area contributed by atoms with E-state index in [1.54, 1.807) is 11.3 Å². The highest BCUT2D eigenvalue weighted by atomic mass is 127. The van der Waals surface area contributed by atoms with Gasteiger partial charge in [0.15, 0.2) is 5.96 Å². The van der Waals surface area contributed by atoms with E-state index in [1.165, 1.54) is 4.88 Å². The highest BCUT2D eigenvalue weighted by molar-refractivity contribution is 14.0. The standard InChI is InChI=1S/C17H33N5S.HI/c1-7-15-11-20-16(23-15)12-21-17(18-8-2)19-9-10-22(13(3)4)14(5)6;/h11,13-14H,7-10,12H2,1-6H3,(H2,18,19,21);1H. The number of halogens is 1. The van der Waals surface area contributed by atoms with Crippen molar-refractivity contribution in [1.82, 2.24) is 20.5 Å². The van der Waals surface area contributed by atoms with E-state index in [2.05, 4.69) is 67.1 Å². The molecule has 0 spiro atoms. The van der Waals surface area contributed by atoms with Crippen molar-refractivity contribution in [2.75, 3.05) is 19.6 Å². The quantitative estimate of drug-likeness (QED) is 0.332. The van der Waals surface area contributed by atoms with Crippen molar-refractivity contribution in [3.05, 3.63) is 16.1 Å². The van der Waals surface area contributed by atoms with Gasteiger partial charge in [0, 0.05) is 42.8 Å². The van der Waals surface area contributed by atoms with Crippen LogP contribution in [0, 0.1) is 0 Å². The number of hydrogen-bond donors (Lipinski definition) is 2. The Hall–Kier alpha value is -0.410. The fourth-order valence-corrected chi connectivity index (χ4v) is 3.28. The Labute approximate surface area is 168 Å². The van der Waals surface area contributed by atoms with Crippen LogP contribution in [0.2, 0.25) is 0 Å². The molecule has 0 saturated heterocycles. The molecule has 0 aromatic carbocycles. The van der Waals surface area contributed by atoms with E-state index in [0.717, 1.165) is 37.0 Å². The van der Waals surface area contributed by atoms with E-state index in [4.69, 9.17) is 0 Å². The van der Waals surface area contributed by atoms with Crippen LogP contribution >= 0.6 is 35.3 Å². The largest absolute Gasteiger partial charge is 0.357 e. The smallest absolute Gasteiger partial charge is 0.191 e. The van der Waals surface area contributed by atoms with E-state index in [-0.39, 0.29) is 24.0 Å². The zero-order chi connectivity index (χ0) is 17.2. The molecule has 0 saturated carbocycles. The Morgan fingerprint density at radius 3 is 2.38 bits per heavy atom. The van der Waals surface area contributed by atoms with Crippen LogP contribution in [-0.4, -0.2) is 47.6 Å². The highest BCUT2D eigenvalue weighted by Gasteiger charge is 2.12. The van der Waals surface area contributed by atoms with Gasteiger partial charge in [-0.3, -0.25) is 4.90 Å². The van der Waals surface area contributed by atoms with Gasteiger partial charge >= 0.3 is 0 Å². The number of thiazole rings is 1. The molecule has 7 heteroatoms. The summed E-state index contributed by atoms with van der Waals surface area (Å²) in [5.41, 5.74) is 0. The zero-order valence-corrected chi connectivity index (χ0v) is 19.1. The maximum absolute atomic E-state index is 4.64. The van der Waals surface area contributed by atoms with Gasteiger partial charge in [-0.15, -0.1) is 35.3 Å². The Morgan fingerprint density at radius 2 is 1.88 bits per heavy atom. The molecule has 140 valence electrons. The SMILES string of the molecule is CCNC(=NCc1ncc(CC)s1)NCCN(C(C)C)C(C)C.I. The fraction of sp³-hybridized carbons (Fsp3) is 0.765. The van der Waals surface area contributed by atoms with Crippen LogP contribution in [0.4, 0.5) is 0 Å². The van der Waals surface area contributed by atoms with Gasteiger partial charge in [0.05, 0.1) is 6.54 Å². The van der Waals surface area contributed by atoms with Crippen LogP contribution in [-0.2, 0) is 13.0 Å². The van der Waals surface area contributed by atoms with Crippen molar-refractivity contribution in [3.63, 3.8) is 0 Å². The van der Waals surface area contributed by atoms with Gasteiger partial charge in [-0.1, -0.05) is 6.92 Å². The van der Waals surface area contributed by atoms with Crippen molar-refractivity contribution < 1.29 is 0 Å². The average Bonchev–Trinajstić information content (AvgIpc) is 2.96. The topological polar surface area (TPSA) is 52.6 Å². The molecule has 24 heavy (non-hydrogen) atoms. The van der Waals surface area contributed by atoms with Crippen molar-refractivity contribution >= 4 is 41.3 Å². The molecule has 0 atom stereocenters. The lowest BCUT2D eigenvalue weighted by atomic mass is 10.2. The summed E-state index contributed by atoms with van der Waals surface area (Å²) >= 11 is 1.75. The van der Waals surface area contributed by atoms with Crippen LogP contribution in [0.25, 0.3) is 0 Å². The average molecular weight is 467 g/mol. The summed E-state index contributed by atoms with van der Waals surface area (Å²) in [5.74, 6) is 0.869. The van der Waals surface area contributed by atoms with Crippen LogP contribution < -0.4 is 10.6 Å². The number of aryl methyl sites for hydroxylation is 1. The van der Waals surface area contributed by atoms with Crippen LogP contribution in [0.1, 0.15) is 51.4 Å². The normalized spacial score (nSPS) is 12.0. The number of guanidine groups is 1. The molecule has 1 rings (SSSR count). The van der Waals surface area contributed by atoms with Crippen molar-refractivity contribution in [2.45, 2.75) is 66.6 Å². The first-order chi connectivity index (χ1) is 11.0. The monoisotopic (exact) mass is 467 g/mol. The molecule has 0 aliphatic rings. The van der Waals surface area contributed by atoms with Gasteiger partial charge in [0.25, 0.3) is 0 Å². The minimum atomic E-state index is 0. The molecule has 0 aliphatic carbocycles. The van der Waals surface area contributed by atoms with Crippen LogP contribution in [0.5, 0.6) is 0 Å². The van der Waals surface area contributed by atoms with Gasteiger partial charge in [-0.05, 0) is 41.0 Å². The maximum Gasteiger partial charge on any atom is 0.191 e. The Bertz CT molecular complexity index is 465. The van der Waals surface area contributed by atoms with Gasteiger partial charge in [-0.25, -0.2) is 9.98 Å². The summed E-state index contributed by atoms with van der Waals surface area (Å²) in [5, 5.41) is 7.80. The van der Waals surface area contributed by atoms with Crippen molar-refractivity contribution in [2.24, 2.45) is 4.99 Å². The molecule has 1 heterocycles. The van der Waals surface area contributed by atoms with Crippen molar-refractivity contribution in [1.29, 1.82) is 0 Å². The first-order valence-corrected chi connectivity index (χ1v) is 9.51. The third kappa shape index (κ3) is 8.62. The molecule has 0 bridgehead atoms. The lowest BCUT2D eigenvalue weighted by Crippen LogP contribution is -2.45. The second kappa shape index (κ2) is 12.9. The van der Waals surface area contributed by atoms with E-state index in [9.17, 15) is 0 Å². The first-order valence-electron chi connectivity index (χ1n) is 8.69. The molecule has 0 unspecified atom stereocenters. The zero-order valence-electron chi connectivity index (χ0n) is 15.9. The molecular formula is C17H34IN5S. The second-order valence-corrected chi connectivity index (χ2v) is 7.32. The lowest BCUT2D eigenvalue weighted by Gasteiger charge is -2.30. The number of aliphatic imine (C=N–C) groups is 1. The summed E-state index contributed by atoms with van der Waals surface area (Å²) in [6.45, 7) is 16.6. The Kier molecular flexibility index (Phi) is 12.7. The summed E-state index contributed by atoms with van der Waals surface area (Å²) in [6, 6.07) is 1.11. The predicted molar refractivity (Wildman–Crippen MR) is 117 cm³/mol. The Balaban J connectivity index is 0.00000529. The predicted octanol–water partition coefficient (Wildman–Crippen LogP) is 3.50. The van der Waals surface area contributed by atoms with Gasteiger partial charge in [0.2, 0.25) is 0 Å². The van der Waals surface area contributed by atoms with Crippen LogP contribution in [0.3, 0.4) is 0 Å². The number of nitrogens with one attached hydrogen (secondary N) is 2. The molecule has 0 amide bonds. The highest BCUT2D eigenvalue weighted by Crippen LogP contribution is 2.13. The van der Waals surface area contributed by atoms with Crippen LogP contribution in [0.15, 0.2) is 11.2 Å². The first kappa shape index (κ1) is 23.6. The molecule has 0 fully saturated rings. The third-order valence-corrected chi connectivity index (χ3v) is 4.78. The van der Waals surface area contributed by atoms with Gasteiger partial charge in [0.1, 0.15) is 5.01 Å². The molecule has 1 aromatic rings. The van der Waals surface area contributed by atoms with E-state index in [0.29, 0.717) is 18.6 Å². The third-order valence-electron chi connectivity index (χ3n) is 3.66. The molecule has 5 nitrogen and oxygen atoms in total. The molecule has 0 radical (unpaired) electrons. The molecule has 2 N–H and O–H groups in total.